The topological polar surface area (TPSA) is 50.8 Å². The number of piperidine rings is 1. The summed E-state index contributed by atoms with van der Waals surface area (Å²) in [6.45, 7) is 2.27. The average Bonchev–Trinajstić information content (AvgIpc) is 3.08. The van der Waals surface area contributed by atoms with E-state index in [0.29, 0.717) is 26.3 Å². The molecule has 0 radical (unpaired) electrons. The molecule has 22 heavy (non-hydrogen) atoms. The number of carbonyl (C=O) groups is 1. The number of benzene rings is 1. The third-order valence-corrected chi connectivity index (χ3v) is 4.13. The Morgan fingerprint density at radius 1 is 1.23 bits per heavy atom. The largest absolute Gasteiger partial charge is 0.348 e. The first-order valence-electron chi connectivity index (χ1n) is 7.76. The van der Waals surface area contributed by atoms with Gasteiger partial charge in [0.15, 0.2) is 6.29 Å². The van der Waals surface area contributed by atoms with Gasteiger partial charge in [-0.05, 0) is 37.0 Å². The van der Waals surface area contributed by atoms with E-state index in [2.05, 4.69) is 5.32 Å². The quantitative estimate of drug-likeness (QED) is 0.932. The lowest BCUT2D eigenvalue weighted by atomic mass is 10.0. The van der Waals surface area contributed by atoms with Crippen LogP contribution in [0.2, 0.25) is 0 Å². The Hall–Kier alpha value is -1.66. The summed E-state index contributed by atoms with van der Waals surface area (Å²) in [6.07, 6.45) is 2.66. The van der Waals surface area contributed by atoms with Crippen molar-refractivity contribution in [3.63, 3.8) is 0 Å². The fourth-order valence-electron chi connectivity index (χ4n) is 2.97. The Morgan fingerprint density at radius 3 is 2.68 bits per heavy atom. The van der Waals surface area contributed by atoms with Gasteiger partial charge >= 0.3 is 6.03 Å². The van der Waals surface area contributed by atoms with Crippen molar-refractivity contribution in [3.05, 3.63) is 35.6 Å². The van der Waals surface area contributed by atoms with Crippen molar-refractivity contribution < 1.29 is 18.7 Å². The number of hydrogen-bond donors (Lipinski definition) is 1. The van der Waals surface area contributed by atoms with E-state index >= 15 is 0 Å². The first-order chi connectivity index (χ1) is 10.7. The SMILES string of the molecule is O=C(NCc1ccc(F)cc1)N1CCCC[C@@H]1C1OCCO1. The van der Waals surface area contributed by atoms with Crippen LogP contribution >= 0.6 is 0 Å². The lowest BCUT2D eigenvalue weighted by molar-refractivity contribution is -0.0983. The number of halogens is 1. The summed E-state index contributed by atoms with van der Waals surface area (Å²) < 4.78 is 24.0. The van der Waals surface area contributed by atoms with Gasteiger partial charge in [0.2, 0.25) is 0 Å². The highest BCUT2D eigenvalue weighted by Crippen LogP contribution is 2.24. The Bertz CT molecular complexity index is 503. The minimum absolute atomic E-state index is 0.0236. The smallest absolute Gasteiger partial charge is 0.318 e. The number of carbonyl (C=O) groups excluding carboxylic acids is 1. The molecule has 2 saturated heterocycles. The normalized spacial score (nSPS) is 22.8. The molecule has 6 heteroatoms. The predicted molar refractivity (Wildman–Crippen MR) is 78.7 cm³/mol. The van der Waals surface area contributed by atoms with Crippen LogP contribution in [0.5, 0.6) is 0 Å². The van der Waals surface area contributed by atoms with Crippen molar-refractivity contribution in [1.29, 1.82) is 0 Å². The molecule has 1 N–H and O–H groups in total. The highest BCUT2D eigenvalue weighted by Gasteiger charge is 2.36. The zero-order valence-electron chi connectivity index (χ0n) is 12.5. The highest BCUT2D eigenvalue weighted by atomic mass is 19.1. The maximum absolute atomic E-state index is 12.9. The minimum atomic E-state index is -0.308. The first-order valence-corrected chi connectivity index (χ1v) is 7.76. The molecule has 1 atom stereocenters. The first kappa shape index (κ1) is 15.2. The molecule has 3 rings (SSSR count). The summed E-state index contributed by atoms with van der Waals surface area (Å²) in [5.41, 5.74) is 0.872. The maximum atomic E-state index is 12.9. The van der Waals surface area contributed by atoms with Crippen molar-refractivity contribution in [1.82, 2.24) is 10.2 Å². The lowest BCUT2D eigenvalue weighted by Gasteiger charge is -2.37. The van der Waals surface area contributed by atoms with E-state index in [1.165, 1.54) is 12.1 Å². The number of urea groups is 1. The van der Waals surface area contributed by atoms with E-state index < -0.39 is 0 Å². The summed E-state index contributed by atoms with van der Waals surface area (Å²) in [6, 6.07) is 5.99. The van der Waals surface area contributed by atoms with Crippen molar-refractivity contribution >= 4 is 6.03 Å². The van der Waals surface area contributed by atoms with E-state index in [1.807, 2.05) is 4.90 Å². The third-order valence-electron chi connectivity index (χ3n) is 4.13. The van der Waals surface area contributed by atoms with Gasteiger partial charge in [-0.1, -0.05) is 12.1 Å². The predicted octanol–water partition coefficient (Wildman–Crippen LogP) is 2.26. The van der Waals surface area contributed by atoms with Gasteiger partial charge in [-0.25, -0.2) is 9.18 Å². The molecule has 2 aliphatic heterocycles. The van der Waals surface area contributed by atoms with Gasteiger partial charge in [0.05, 0.1) is 19.3 Å². The summed E-state index contributed by atoms with van der Waals surface area (Å²) >= 11 is 0. The molecule has 2 fully saturated rings. The minimum Gasteiger partial charge on any atom is -0.348 e. The molecule has 0 spiro atoms. The molecule has 0 aromatic heterocycles. The van der Waals surface area contributed by atoms with E-state index in [0.717, 1.165) is 24.8 Å². The summed E-state index contributed by atoms with van der Waals surface area (Å²) in [4.78, 5) is 14.2. The highest BCUT2D eigenvalue weighted by molar-refractivity contribution is 5.74. The van der Waals surface area contributed by atoms with Gasteiger partial charge in [0.25, 0.3) is 0 Å². The van der Waals surface area contributed by atoms with Crippen LogP contribution in [0.4, 0.5) is 9.18 Å². The molecule has 2 amide bonds. The molecule has 1 aromatic carbocycles. The zero-order valence-corrected chi connectivity index (χ0v) is 12.5. The van der Waals surface area contributed by atoms with Crippen LogP contribution in [-0.2, 0) is 16.0 Å². The number of nitrogens with one attached hydrogen (secondary N) is 1. The Balaban J connectivity index is 1.58. The molecule has 1 aromatic rings. The molecule has 2 aliphatic rings. The van der Waals surface area contributed by atoms with E-state index in [1.54, 1.807) is 12.1 Å². The van der Waals surface area contributed by atoms with Crippen molar-refractivity contribution in [3.8, 4) is 0 Å². The van der Waals surface area contributed by atoms with Crippen LogP contribution in [0.25, 0.3) is 0 Å². The summed E-state index contributed by atoms with van der Waals surface area (Å²) in [7, 11) is 0. The van der Waals surface area contributed by atoms with Gasteiger partial charge in [-0.2, -0.15) is 0 Å². The van der Waals surface area contributed by atoms with Crippen LogP contribution < -0.4 is 5.32 Å². The maximum Gasteiger partial charge on any atom is 0.318 e. The number of hydrogen-bond acceptors (Lipinski definition) is 3. The van der Waals surface area contributed by atoms with Gasteiger partial charge < -0.3 is 19.7 Å². The molecule has 0 bridgehead atoms. The monoisotopic (exact) mass is 308 g/mol. The summed E-state index contributed by atoms with van der Waals surface area (Å²) in [5.74, 6) is -0.276. The van der Waals surface area contributed by atoms with E-state index in [4.69, 9.17) is 9.47 Å². The molecule has 0 unspecified atom stereocenters. The second kappa shape index (κ2) is 7.07. The molecule has 2 heterocycles. The van der Waals surface area contributed by atoms with Crippen LogP contribution in [0.15, 0.2) is 24.3 Å². The van der Waals surface area contributed by atoms with E-state index in [9.17, 15) is 9.18 Å². The van der Waals surface area contributed by atoms with Crippen LogP contribution in [-0.4, -0.2) is 43.0 Å². The second-order valence-corrected chi connectivity index (χ2v) is 5.65. The second-order valence-electron chi connectivity index (χ2n) is 5.65. The molecule has 120 valence electrons. The standard InChI is InChI=1S/C16H21FN2O3/c17-13-6-4-12(5-7-13)11-18-16(20)19-8-2-1-3-14(19)15-21-9-10-22-15/h4-7,14-15H,1-3,8-11H2,(H,18,20)/t14-/m1/s1. The Labute approximate surface area is 129 Å². The molecule has 5 nitrogen and oxygen atoms in total. The van der Waals surface area contributed by atoms with Gasteiger partial charge in [-0.3, -0.25) is 0 Å². The third kappa shape index (κ3) is 3.56. The number of ether oxygens (including phenoxy) is 2. The fourth-order valence-corrected chi connectivity index (χ4v) is 2.97. The van der Waals surface area contributed by atoms with Crippen LogP contribution in [0.3, 0.4) is 0 Å². The summed E-state index contributed by atoms with van der Waals surface area (Å²) in [5, 5.41) is 2.90. The Kier molecular flexibility index (Phi) is 4.90. The number of amides is 2. The van der Waals surface area contributed by atoms with Gasteiger partial charge in [0.1, 0.15) is 5.82 Å². The van der Waals surface area contributed by atoms with Crippen molar-refractivity contribution in [2.24, 2.45) is 0 Å². The number of nitrogens with zero attached hydrogens (tertiary/aromatic N) is 1. The van der Waals surface area contributed by atoms with Gasteiger partial charge in [-0.15, -0.1) is 0 Å². The van der Waals surface area contributed by atoms with Crippen LogP contribution in [0.1, 0.15) is 24.8 Å². The molecule has 0 saturated carbocycles. The van der Waals surface area contributed by atoms with E-state index in [-0.39, 0.29) is 24.2 Å². The van der Waals surface area contributed by atoms with Crippen molar-refractivity contribution in [2.75, 3.05) is 19.8 Å². The number of likely N-dealkylation sites (tertiary alicyclic amines) is 1. The lowest BCUT2D eigenvalue weighted by Crippen LogP contribution is -2.53. The molecular weight excluding hydrogens is 287 g/mol. The van der Waals surface area contributed by atoms with Crippen molar-refractivity contribution in [2.45, 2.75) is 38.1 Å². The zero-order chi connectivity index (χ0) is 15.4. The number of rotatable bonds is 3. The fraction of sp³-hybridized carbons (Fsp3) is 0.562. The average molecular weight is 308 g/mol. The Morgan fingerprint density at radius 2 is 1.95 bits per heavy atom. The molecular formula is C16H21FN2O3. The van der Waals surface area contributed by atoms with Crippen LogP contribution in [0, 0.1) is 5.82 Å². The molecule has 0 aliphatic carbocycles. The van der Waals surface area contributed by atoms with Gasteiger partial charge in [0, 0.05) is 13.1 Å².